The van der Waals surface area contributed by atoms with E-state index in [9.17, 15) is 17.6 Å². The molecule has 34 heavy (non-hydrogen) atoms. The summed E-state index contributed by atoms with van der Waals surface area (Å²) in [5.41, 5.74) is 0. The van der Waals surface area contributed by atoms with Crippen molar-refractivity contribution in [1.29, 1.82) is 0 Å². The predicted molar refractivity (Wildman–Crippen MR) is 128 cm³/mol. The normalized spacial score (nSPS) is 23.6. The summed E-state index contributed by atoms with van der Waals surface area (Å²) in [6.45, 7) is 4.84. The van der Waals surface area contributed by atoms with Crippen molar-refractivity contribution >= 4 is 27.3 Å². The fourth-order valence-corrected chi connectivity index (χ4v) is 6.37. The van der Waals surface area contributed by atoms with Crippen LogP contribution in [0.15, 0.2) is 23.1 Å². The standard InChI is InChI=1S/C24H32FN3O4S2/c1-15(2)23-26-22(33-27-23)11-6-16-4-7-17(8-5-16)28-13-12-20(24(28)29)32-18-9-10-21(19(25)14-18)34(3,30)31/h9-10,14-17,20H,4-8,11-13H2,1-3H3/t16?,17?,20-/m0/s1. The minimum Gasteiger partial charge on any atom is -0.480 e. The molecule has 1 aliphatic heterocycles. The van der Waals surface area contributed by atoms with Crippen molar-refractivity contribution in [2.24, 2.45) is 5.92 Å². The first-order valence-corrected chi connectivity index (χ1v) is 14.6. The molecule has 0 unspecified atom stereocenters. The number of amides is 1. The van der Waals surface area contributed by atoms with Crippen LogP contribution in [0.5, 0.6) is 5.75 Å². The highest BCUT2D eigenvalue weighted by molar-refractivity contribution is 7.90. The first-order chi connectivity index (χ1) is 16.1. The summed E-state index contributed by atoms with van der Waals surface area (Å²) in [4.78, 5) is 19.1. The lowest BCUT2D eigenvalue weighted by Gasteiger charge is -2.34. The van der Waals surface area contributed by atoms with Gasteiger partial charge in [0.25, 0.3) is 5.91 Å². The number of hydrogen-bond acceptors (Lipinski definition) is 7. The molecule has 186 valence electrons. The lowest BCUT2D eigenvalue weighted by atomic mass is 9.83. The summed E-state index contributed by atoms with van der Waals surface area (Å²) >= 11 is 1.51. The summed E-state index contributed by atoms with van der Waals surface area (Å²) in [5.74, 6) is 1.18. The number of carbonyl (C=O) groups is 1. The molecule has 1 aromatic carbocycles. The van der Waals surface area contributed by atoms with Crippen LogP contribution in [0.1, 0.15) is 69.1 Å². The first-order valence-electron chi connectivity index (χ1n) is 11.9. The highest BCUT2D eigenvalue weighted by atomic mass is 32.2. The van der Waals surface area contributed by atoms with Gasteiger partial charge in [-0.1, -0.05) is 13.8 Å². The second-order valence-corrected chi connectivity index (χ2v) is 12.5. The minimum atomic E-state index is -3.65. The zero-order valence-electron chi connectivity index (χ0n) is 19.9. The Labute approximate surface area is 204 Å². The van der Waals surface area contributed by atoms with Crippen LogP contribution in [0.4, 0.5) is 4.39 Å². The van der Waals surface area contributed by atoms with E-state index in [2.05, 4.69) is 23.2 Å². The average Bonchev–Trinajstić information content (AvgIpc) is 3.39. The van der Waals surface area contributed by atoms with E-state index >= 15 is 0 Å². The maximum atomic E-state index is 14.2. The lowest BCUT2D eigenvalue weighted by Crippen LogP contribution is -2.41. The molecule has 2 heterocycles. The number of sulfone groups is 1. The molecular weight excluding hydrogens is 477 g/mol. The molecule has 0 radical (unpaired) electrons. The largest absolute Gasteiger partial charge is 0.480 e. The zero-order valence-corrected chi connectivity index (χ0v) is 21.5. The fourth-order valence-electron chi connectivity index (χ4n) is 4.84. The summed E-state index contributed by atoms with van der Waals surface area (Å²) in [5, 5.41) is 1.11. The summed E-state index contributed by atoms with van der Waals surface area (Å²) in [7, 11) is -3.65. The van der Waals surface area contributed by atoms with E-state index in [0.29, 0.717) is 24.8 Å². The van der Waals surface area contributed by atoms with Crippen molar-refractivity contribution in [3.05, 3.63) is 34.8 Å². The van der Waals surface area contributed by atoms with Crippen molar-refractivity contribution in [2.45, 2.75) is 81.8 Å². The van der Waals surface area contributed by atoms with Crippen LogP contribution in [0.2, 0.25) is 0 Å². The number of aryl methyl sites for hydroxylation is 1. The molecule has 1 saturated carbocycles. The van der Waals surface area contributed by atoms with E-state index in [0.717, 1.165) is 61.7 Å². The van der Waals surface area contributed by atoms with Gasteiger partial charge < -0.3 is 9.64 Å². The fraction of sp³-hybridized carbons (Fsp3) is 0.625. The van der Waals surface area contributed by atoms with Gasteiger partial charge in [0, 0.05) is 43.7 Å². The van der Waals surface area contributed by atoms with Crippen molar-refractivity contribution in [2.75, 3.05) is 12.8 Å². The molecule has 10 heteroatoms. The third-order valence-corrected chi connectivity index (χ3v) is 8.71. The number of nitrogens with zero attached hydrogens (tertiary/aromatic N) is 3. The minimum absolute atomic E-state index is 0.0638. The van der Waals surface area contributed by atoms with Gasteiger partial charge in [0.2, 0.25) is 0 Å². The van der Waals surface area contributed by atoms with Crippen molar-refractivity contribution in [3.63, 3.8) is 0 Å². The van der Waals surface area contributed by atoms with Gasteiger partial charge in [-0.05, 0) is 61.7 Å². The molecule has 0 N–H and O–H groups in total. The lowest BCUT2D eigenvalue weighted by molar-refractivity contribution is -0.136. The zero-order chi connectivity index (χ0) is 24.5. The van der Waals surface area contributed by atoms with Crippen molar-refractivity contribution in [3.8, 4) is 5.75 Å². The quantitative estimate of drug-likeness (QED) is 0.525. The maximum Gasteiger partial charge on any atom is 0.263 e. The molecule has 7 nitrogen and oxygen atoms in total. The van der Waals surface area contributed by atoms with Crippen molar-refractivity contribution in [1.82, 2.24) is 14.3 Å². The Morgan fingerprint density at radius 3 is 2.56 bits per heavy atom. The Morgan fingerprint density at radius 1 is 1.21 bits per heavy atom. The molecule has 2 fully saturated rings. The van der Waals surface area contributed by atoms with E-state index in [1.807, 2.05) is 4.90 Å². The number of benzene rings is 1. The molecule has 4 rings (SSSR count). The number of ether oxygens (including phenoxy) is 1. The summed E-state index contributed by atoms with van der Waals surface area (Å²) < 4.78 is 47.5. The van der Waals surface area contributed by atoms with Gasteiger partial charge in [0.15, 0.2) is 15.9 Å². The SMILES string of the molecule is CC(C)c1nsc(CCC2CCC(N3CC[C@H](Oc4ccc(S(C)(=O)=O)c(F)c4)C3=O)CC2)n1. The summed E-state index contributed by atoms with van der Waals surface area (Å²) in [6.07, 6.45) is 7.06. The van der Waals surface area contributed by atoms with Crippen LogP contribution in [0.3, 0.4) is 0 Å². The van der Waals surface area contributed by atoms with E-state index in [1.165, 1.54) is 23.7 Å². The number of hydrogen-bond donors (Lipinski definition) is 0. The number of halogens is 1. The molecule has 0 bridgehead atoms. The summed E-state index contributed by atoms with van der Waals surface area (Å²) in [6, 6.07) is 3.85. The molecule has 1 saturated heterocycles. The highest BCUT2D eigenvalue weighted by Gasteiger charge is 2.38. The topological polar surface area (TPSA) is 89.5 Å². The number of rotatable bonds is 8. The van der Waals surface area contributed by atoms with Gasteiger partial charge in [-0.2, -0.15) is 4.37 Å². The van der Waals surface area contributed by atoms with Gasteiger partial charge in [-0.15, -0.1) is 0 Å². The molecule has 2 aliphatic rings. The van der Waals surface area contributed by atoms with E-state index < -0.39 is 21.8 Å². The predicted octanol–water partition coefficient (Wildman–Crippen LogP) is 4.38. The van der Waals surface area contributed by atoms with Gasteiger partial charge >= 0.3 is 0 Å². The van der Waals surface area contributed by atoms with Gasteiger partial charge in [-0.25, -0.2) is 17.8 Å². The Balaban J connectivity index is 1.26. The smallest absolute Gasteiger partial charge is 0.263 e. The highest BCUT2D eigenvalue weighted by Crippen LogP contribution is 2.33. The van der Waals surface area contributed by atoms with Crippen LogP contribution in [-0.4, -0.2) is 53.5 Å². The van der Waals surface area contributed by atoms with Crippen molar-refractivity contribution < 1.29 is 22.3 Å². The Kier molecular flexibility index (Phi) is 7.57. The van der Waals surface area contributed by atoms with E-state index in [-0.39, 0.29) is 22.6 Å². The van der Waals surface area contributed by atoms with Crippen LogP contribution >= 0.6 is 11.5 Å². The molecule has 1 aromatic heterocycles. The molecule has 1 atom stereocenters. The molecule has 1 aliphatic carbocycles. The van der Waals surface area contributed by atoms with Crippen LogP contribution < -0.4 is 4.74 Å². The van der Waals surface area contributed by atoms with Crippen LogP contribution in [-0.2, 0) is 21.1 Å². The molecule has 0 spiro atoms. The Morgan fingerprint density at radius 2 is 1.94 bits per heavy atom. The first kappa shape index (κ1) is 25.0. The van der Waals surface area contributed by atoms with E-state index in [4.69, 9.17) is 4.74 Å². The third kappa shape index (κ3) is 5.76. The second-order valence-electron chi connectivity index (χ2n) is 9.71. The number of aromatic nitrogens is 2. The monoisotopic (exact) mass is 509 g/mol. The van der Waals surface area contributed by atoms with Crippen LogP contribution in [0.25, 0.3) is 0 Å². The number of likely N-dealkylation sites (tertiary alicyclic amines) is 1. The molecule has 2 aromatic rings. The maximum absolute atomic E-state index is 14.2. The van der Waals surface area contributed by atoms with Crippen LogP contribution in [0, 0.1) is 11.7 Å². The van der Waals surface area contributed by atoms with E-state index in [1.54, 1.807) is 0 Å². The molecular formula is C24H32FN3O4S2. The average molecular weight is 510 g/mol. The Bertz CT molecular complexity index is 1130. The second kappa shape index (κ2) is 10.3. The third-order valence-electron chi connectivity index (χ3n) is 6.80. The van der Waals surface area contributed by atoms with Gasteiger partial charge in [0.05, 0.1) is 0 Å². The molecule has 1 amide bonds. The van der Waals surface area contributed by atoms with Gasteiger partial charge in [-0.3, -0.25) is 4.79 Å². The number of carbonyl (C=O) groups excluding carboxylic acids is 1. The van der Waals surface area contributed by atoms with Gasteiger partial charge in [0.1, 0.15) is 27.3 Å². The Hall–Kier alpha value is -2.07.